The smallest absolute Gasteiger partial charge is 0.168 e. The first-order valence-corrected chi connectivity index (χ1v) is 22.0. The molecule has 1 heterocycles. The van der Waals surface area contributed by atoms with Crippen LogP contribution in [-0.2, 0) is 6.54 Å². The van der Waals surface area contributed by atoms with Crippen molar-refractivity contribution in [3.8, 4) is 0 Å². The van der Waals surface area contributed by atoms with Crippen molar-refractivity contribution in [2.24, 2.45) is 0 Å². The fourth-order valence-electron chi connectivity index (χ4n) is 7.24. The van der Waals surface area contributed by atoms with Crippen LogP contribution in [0, 0.1) is 0 Å². The van der Waals surface area contributed by atoms with Crippen molar-refractivity contribution in [1.82, 2.24) is 0 Å². The van der Waals surface area contributed by atoms with Crippen molar-refractivity contribution in [2.75, 3.05) is 26.2 Å². The Morgan fingerprint density at radius 3 is 0.857 bits per heavy atom. The third-order valence-corrected chi connectivity index (χ3v) is 10.5. The molecule has 0 spiro atoms. The Labute approximate surface area is 327 Å². The van der Waals surface area contributed by atoms with Gasteiger partial charge in [-0.1, -0.05) is 169 Å². The van der Waals surface area contributed by atoms with Gasteiger partial charge in [0.05, 0.1) is 26.2 Å². The van der Waals surface area contributed by atoms with Gasteiger partial charge in [0.25, 0.3) is 0 Å². The van der Waals surface area contributed by atoms with Gasteiger partial charge in [-0.25, -0.2) is 4.57 Å². The average Bonchev–Trinajstić information content (AvgIpc) is 3.10. The highest BCUT2D eigenvalue weighted by molar-refractivity contribution is 4.83. The van der Waals surface area contributed by atoms with E-state index in [1.807, 2.05) is 0 Å². The summed E-state index contributed by atoms with van der Waals surface area (Å²) in [6.45, 7) is 18.7. The molecule has 49 heavy (non-hydrogen) atoms. The van der Waals surface area contributed by atoms with E-state index in [4.69, 9.17) is 0 Å². The van der Waals surface area contributed by atoms with Gasteiger partial charge in [-0.3, -0.25) is 0 Å². The summed E-state index contributed by atoms with van der Waals surface area (Å²) in [6, 6.07) is 6.31. The summed E-state index contributed by atoms with van der Waals surface area (Å²) >= 11 is 0. The average molecular weight is 775 g/mol. The number of aryl methyl sites for hydroxylation is 1. The summed E-state index contributed by atoms with van der Waals surface area (Å²) in [7, 11) is 0. The van der Waals surface area contributed by atoms with E-state index in [-0.39, 0.29) is 29.4 Å². The molecule has 0 atom stereocenters. The van der Waals surface area contributed by atoms with E-state index >= 15 is 0 Å². The minimum Gasteiger partial charge on any atom is -1.00 e. The molecule has 1 rings (SSSR count). The Balaban J connectivity index is -0.000000835. The minimum absolute atomic E-state index is 0. The van der Waals surface area contributed by atoms with Crippen LogP contribution in [0.2, 0.25) is 0 Å². The maximum atomic E-state index is 2.34. The molecule has 0 saturated carbocycles. The molecule has 0 saturated heterocycles. The van der Waals surface area contributed by atoms with Crippen molar-refractivity contribution in [2.45, 2.75) is 234 Å². The van der Waals surface area contributed by atoms with E-state index in [1.165, 1.54) is 230 Å². The summed E-state index contributed by atoms with van der Waals surface area (Å²) < 4.78 is 3.75. The lowest BCUT2D eigenvalue weighted by Gasteiger charge is -2.39. The number of halogens is 2. The van der Waals surface area contributed by atoms with Crippen molar-refractivity contribution >= 4 is 0 Å². The highest BCUT2D eigenvalue weighted by Gasteiger charge is 2.25. The highest BCUT2D eigenvalue weighted by atomic mass is 79.9. The molecule has 0 bridgehead atoms. The number of hydrogen-bond donors (Lipinski definition) is 0. The standard InChI is InChI=1S/C24H52N.C21H38N.BrH.ClH/c1-5-9-13-17-21-25(22-18-14-10-6-2,23-19-15-11-7-3)24-20-16-12-8-4;1-2-3-4-5-6-7-8-9-10-11-12-13-14-16-19-22-20-17-15-18-21-22;;/h5-24H2,1-4H3;15,17-18,20-21H,2-14,16,19H2,1H3;2*1H/q2*+1;;/p-2. The molecule has 0 radical (unpaired) electrons. The van der Waals surface area contributed by atoms with Gasteiger partial charge in [0.2, 0.25) is 0 Å². The molecule has 0 aromatic carbocycles. The lowest BCUT2D eigenvalue weighted by molar-refractivity contribution is -0.929. The van der Waals surface area contributed by atoms with Gasteiger partial charge in [0.15, 0.2) is 12.4 Å². The van der Waals surface area contributed by atoms with Gasteiger partial charge >= 0.3 is 0 Å². The fraction of sp³-hybridized carbons (Fsp3) is 0.889. The number of unbranched alkanes of at least 4 members (excludes halogenated alkanes) is 25. The molecule has 0 fully saturated rings. The highest BCUT2D eigenvalue weighted by Crippen LogP contribution is 2.20. The predicted octanol–water partition coefficient (Wildman–Crippen LogP) is 8.59. The number of nitrogens with zero attached hydrogens (tertiary/aromatic N) is 2. The van der Waals surface area contributed by atoms with Crippen molar-refractivity contribution < 1.29 is 38.4 Å². The first-order valence-electron chi connectivity index (χ1n) is 22.0. The van der Waals surface area contributed by atoms with E-state index < -0.39 is 0 Å². The van der Waals surface area contributed by atoms with Gasteiger partial charge < -0.3 is 33.9 Å². The van der Waals surface area contributed by atoms with Crippen LogP contribution in [0.25, 0.3) is 0 Å². The maximum absolute atomic E-state index is 2.34. The van der Waals surface area contributed by atoms with Crippen LogP contribution in [0.3, 0.4) is 0 Å². The first kappa shape index (κ1) is 53.2. The lowest BCUT2D eigenvalue weighted by Crippen LogP contribution is -3.00. The topological polar surface area (TPSA) is 3.88 Å². The zero-order valence-corrected chi connectivity index (χ0v) is 36.6. The van der Waals surface area contributed by atoms with Crippen molar-refractivity contribution in [1.29, 1.82) is 0 Å². The monoisotopic (exact) mass is 773 g/mol. The van der Waals surface area contributed by atoms with Crippen LogP contribution in [-0.4, -0.2) is 30.7 Å². The van der Waals surface area contributed by atoms with Crippen LogP contribution in [0.4, 0.5) is 0 Å². The van der Waals surface area contributed by atoms with E-state index in [2.05, 4.69) is 69.8 Å². The third-order valence-electron chi connectivity index (χ3n) is 10.5. The van der Waals surface area contributed by atoms with Crippen LogP contribution in [0.1, 0.15) is 227 Å². The molecule has 0 N–H and O–H groups in total. The van der Waals surface area contributed by atoms with Crippen molar-refractivity contribution in [3.05, 3.63) is 30.6 Å². The fourth-order valence-corrected chi connectivity index (χ4v) is 7.24. The Bertz CT molecular complexity index is 647. The van der Waals surface area contributed by atoms with Crippen LogP contribution < -0.4 is 34.0 Å². The van der Waals surface area contributed by atoms with Crippen LogP contribution in [0.15, 0.2) is 30.6 Å². The zero-order valence-electron chi connectivity index (χ0n) is 34.3. The lowest BCUT2D eigenvalue weighted by atomic mass is 10.0. The Morgan fingerprint density at radius 2 is 0.571 bits per heavy atom. The molecular weight excluding hydrogens is 684 g/mol. The predicted molar refractivity (Wildman–Crippen MR) is 213 cm³/mol. The number of rotatable bonds is 35. The second kappa shape index (κ2) is 44.0. The van der Waals surface area contributed by atoms with Gasteiger partial charge in [-0.2, -0.15) is 0 Å². The summed E-state index contributed by atoms with van der Waals surface area (Å²) in [4.78, 5) is 0. The molecule has 0 aliphatic heterocycles. The summed E-state index contributed by atoms with van der Waals surface area (Å²) in [6.07, 6.45) is 47.3. The zero-order chi connectivity index (χ0) is 34.4. The summed E-state index contributed by atoms with van der Waals surface area (Å²) in [5.41, 5.74) is 0. The largest absolute Gasteiger partial charge is 1.00 e. The second-order valence-electron chi connectivity index (χ2n) is 15.2. The molecule has 294 valence electrons. The summed E-state index contributed by atoms with van der Waals surface area (Å²) in [5, 5.41) is 0. The van der Waals surface area contributed by atoms with Gasteiger partial charge in [0.1, 0.15) is 6.54 Å². The third kappa shape index (κ3) is 37.4. The molecule has 1 aromatic rings. The Kier molecular flexibility index (Phi) is 47.8. The molecule has 2 nitrogen and oxygen atoms in total. The molecule has 4 heteroatoms. The number of aromatic nitrogens is 1. The second-order valence-corrected chi connectivity index (χ2v) is 15.2. The van der Waals surface area contributed by atoms with Gasteiger partial charge in [-0.15, -0.1) is 0 Å². The number of pyridine rings is 1. The molecule has 1 aromatic heterocycles. The maximum Gasteiger partial charge on any atom is 0.168 e. The SMILES string of the molecule is CCCCCCCCCCCCCCCC[n+]1ccccc1.CCCCCC[N+](CCCCCC)(CCCCCC)CCCCCC.[Br-].[Cl-]. The Hall–Kier alpha value is -0.120. The van der Waals surface area contributed by atoms with Crippen LogP contribution in [0.5, 0.6) is 0 Å². The Morgan fingerprint density at radius 1 is 0.327 bits per heavy atom. The quantitative estimate of drug-likeness (QED) is 0.0370. The van der Waals surface area contributed by atoms with Crippen molar-refractivity contribution in [3.63, 3.8) is 0 Å². The molecular formula is C45H90BrClN2. The van der Waals surface area contributed by atoms with E-state index in [1.54, 1.807) is 0 Å². The summed E-state index contributed by atoms with van der Waals surface area (Å²) in [5.74, 6) is 0. The molecule has 0 aliphatic rings. The molecule has 0 aliphatic carbocycles. The number of hydrogen-bond acceptors (Lipinski definition) is 0. The van der Waals surface area contributed by atoms with E-state index in [9.17, 15) is 0 Å². The first-order chi connectivity index (χ1) is 23.2. The van der Waals surface area contributed by atoms with Gasteiger partial charge in [-0.05, 0) is 57.8 Å². The van der Waals surface area contributed by atoms with Crippen LogP contribution >= 0.6 is 0 Å². The van der Waals surface area contributed by atoms with E-state index in [0.717, 1.165) is 0 Å². The van der Waals surface area contributed by atoms with E-state index in [0.29, 0.717) is 0 Å². The molecule has 0 amide bonds. The number of quaternary nitrogens is 1. The normalized spacial score (nSPS) is 11.0. The van der Waals surface area contributed by atoms with Gasteiger partial charge in [0, 0.05) is 18.6 Å². The molecule has 0 unspecified atom stereocenters. The minimum atomic E-state index is 0.